The lowest BCUT2D eigenvalue weighted by Gasteiger charge is -2.32. The number of carboxylic acids is 1. The number of benzene rings is 1. The molecular weight excluding hydrogens is 531 g/mol. The lowest BCUT2D eigenvalue weighted by molar-refractivity contribution is -0.0595. The lowest BCUT2D eigenvalue weighted by atomic mass is 9.91. The third-order valence-corrected chi connectivity index (χ3v) is 8.49. The molecule has 2 saturated heterocycles. The number of oxazole rings is 1. The molecule has 3 aromatic heterocycles. The second kappa shape index (κ2) is 9.94. The maximum atomic E-state index is 14.3. The fourth-order valence-corrected chi connectivity index (χ4v) is 6.02. The maximum absolute atomic E-state index is 14.3. The summed E-state index contributed by atoms with van der Waals surface area (Å²) >= 11 is 0. The first-order chi connectivity index (χ1) is 19.9. The number of carboxylic acid groups (broad SMARTS) is 1. The molecule has 3 unspecified atom stereocenters. The number of pyridine rings is 1. The standard InChI is InChI=1S/C29H27FN6O5/c30-21-10-17(12-31)4-5-18(21)16-40-24-3-1-2-22(32-24)29-7-8-35(13-19(29)11-29)15-23-33-25-27(41-26(34-25)28(37)38)36(23)14-20-6-9-39-20/h1-5,10,19-20H,6-9,11,13-16H2,(H,37,38). The van der Waals surface area contributed by atoms with Crippen molar-refractivity contribution >= 4 is 17.3 Å². The first kappa shape index (κ1) is 25.6. The van der Waals surface area contributed by atoms with Crippen molar-refractivity contribution in [2.75, 3.05) is 19.7 Å². The van der Waals surface area contributed by atoms with Gasteiger partial charge in [-0.05, 0) is 49.9 Å². The molecule has 0 spiro atoms. The average Bonchev–Trinajstić information content (AvgIpc) is 3.40. The SMILES string of the molecule is N#Cc1ccc(COc2cccc(C34CCN(Cc5nc6nc(C(=O)O)oc6n5CC5CCO5)CC3C4)n2)c(F)c1. The highest BCUT2D eigenvalue weighted by atomic mass is 19.1. The molecule has 0 bridgehead atoms. The Morgan fingerprint density at radius 3 is 2.88 bits per heavy atom. The quantitative estimate of drug-likeness (QED) is 0.324. The summed E-state index contributed by atoms with van der Waals surface area (Å²) in [7, 11) is 0. The lowest BCUT2D eigenvalue weighted by Crippen LogP contribution is -2.37. The molecule has 12 heteroatoms. The van der Waals surface area contributed by atoms with Crippen LogP contribution in [0.1, 0.15) is 52.6 Å². The van der Waals surface area contributed by atoms with Gasteiger partial charge in [-0.2, -0.15) is 10.2 Å². The molecule has 210 valence electrons. The monoisotopic (exact) mass is 558 g/mol. The Balaban J connectivity index is 1.03. The van der Waals surface area contributed by atoms with Gasteiger partial charge in [0, 0.05) is 30.2 Å². The van der Waals surface area contributed by atoms with Crippen LogP contribution in [-0.4, -0.2) is 61.3 Å². The minimum absolute atomic E-state index is 0.00366. The molecule has 2 aliphatic heterocycles. The third kappa shape index (κ3) is 4.71. The zero-order valence-electron chi connectivity index (χ0n) is 22.1. The Kier molecular flexibility index (Phi) is 6.21. The number of likely N-dealkylation sites (tertiary alicyclic amines) is 1. The largest absolute Gasteiger partial charge is 0.474 e. The highest BCUT2D eigenvalue weighted by Gasteiger charge is 2.58. The molecule has 1 N–H and O–H groups in total. The van der Waals surface area contributed by atoms with Crippen LogP contribution in [0.4, 0.5) is 4.39 Å². The molecule has 11 nitrogen and oxygen atoms in total. The predicted molar refractivity (Wildman–Crippen MR) is 140 cm³/mol. The van der Waals surface area contributed by atoms with E-state index >= 15 is 0 Å². The number of hydrogen-bond acceptors (Lipinski definition) is 9. The first-order valence-electron chi connectivity index (χ1n) is 13.6. The van der Waals surface area contributed by atoms with Gasteiger partial charge < -0.3 is 19.0 Å². The fourth-order valence-electron chi connectivity index (χ4n) is 6.02. The van der Waals surface area contributed by atoms with Crippen LogP contribution in [0, 0.1) is 23.1 Å². The molecule has 41 heavy (non-hydrogen) atoms. The Bertz CT molecular complexity index is 1690. The van der Waals surface area contributed by atoms with E-state index in [4.69, 9.17) is 24.1 Å². The summed E-state index contributed by atoms with van der Waals surface area (Å²) in [5, 5.41) is 18.2. The number of hydrogen-bond donors (Lipinski definition) is 1. The van der Waals surface area contributed by atoms with Gasteiger partial charge in [-0.1, -0.05) is 12.1 Å². The topological polar surface area (TPSA) is 140 Å². The number of carbonyl (C=O) groups is 1. The van der Waals surface area contributed by atoms with Gasteiger partial charge in [0.1, 0.15) is 18.2 Å². The highest BCUT2D eigenvalue weighted by molar-refractivity contribution is 5.85. The van der Waals surface area contributed by atoms with Gasteiger partial charge in [0.25, 0.3) is 0 Å². The summed E-state index contributed by atoms with van der Waals surface area (Å²) in [5.41, 5.74) is 2.30. The molecule has 7 rings (SSSR count). The van der Waals surface area contributed by atoms with Crippen LogP contribution in [0.3, 0.4) is 0 Å². The zero-order chi connectivity index (χ0) is 28.1. The normalized spacial score (nSPS) is 23.5. The van der Waals surface area contributed by atoms with Crippen LogP contribution >= 0.6 is 0 Å². The zero-order valence-corrected chi connectivity index (χ0v) is 22.1. The van der Waals surface area contributed by atoms with Crippen LogP contribution in [-0.2, 0) is 29.8 Å². The summed E-state index contributed by atoms with van der Waals surface area (Å²) in [6.07, 6.45) is 2.95. The molecule has 1 aromatic carbocycles. The van der Waals surface area contributed by atoms with Crippen molar-refractivity contribution in [3.63, 3.8) is 0 Å². The van der Waals surface area contributed by atoms with E-state index in [9.17, 15) is 14.3 Å². The molecule has 1 saturated carbocycles. The number of nitriles is 1. The van der Waals surface area contributed by atoms with Gasteiger partial charge in [-0.25, -0.2) is 19.2 Å². The molecular formula is C29H27FN6O5. The van der Waals surface area contributed by atoms with E-state index in [0.717, 1.165) is 50.5 Å². The minimum atomic E-state index is -1.22. The average molecular weight is 559 g/mol. The predicted octanol–water partition coefficient (Wildman–Crippen LogP) is 3.66. The summed E-state index contributed by atoms with van der Waals surface area (Å²) in [4.78, 5) is 27.2. The number of aromatic carboxylic acids is 1. The van der Waals surface area contributed by atoms with E-state index in [-0.39, 0.29) is 29.6 Å². The summed E-state index contributed by atoms with van der Waals surface area (Å²) < 4.78 is 33.2. The molecule has 0 amide bonds. The molecule has 3 atom stereocenters. The van der Waals surface area contributed by atoms with Crippen LogP contribution < -0.4 is 4.74 Å². The number of fused-ring (bicyclic) bond motifs is 2. The van der Waals surface area contributed by atoms with Gasteiger partial charge in [-0.15, -0.1) is 0 Å². The number of halogens is 1. The Morgan fingerprint density at radius 1 is 1.27 bits per heavy atom. The second-order valence-electron chi connectivity index (χ2n) is 11.0. The van der Waals surface area contributed by atoms with Crippen molar-refractivity contribution in [1.82, 2.24) is 24.4 Å². The first-order valence-corrected chi connectivity index (χ1v) is 13.6. The van der Waals surface area contributed by atoms with Gasteiger partial charge in [0.2, 0.25) is 17.2 Å². The summed E-state index contributed by atoms with van der Waals surface area (Å²) in [6, 6.07) is 12.0. The third-order valence-electron chi connectivity index (χ3n) is 8.49. The van der Waals surface area contributed by atoms with E-state index in [2.05, 4.69) is 14.9 Å². The number of ether oxygens (including phenoxy) is 2. The van der Waals surface area contributed by atoms with Crippen molar-refractivity contribution in [2.24, 2.45) is 5.92 Å². The number of imidazole rings is 1. The van der Waals surface area contributed by atoms with E-state index in [1.165, 1.54) is 6.07 Å². The van der Waals surface area contributed by atoms with E-state index < -0.39 is 11.8 Å². The number of nitrogens with zero attached hydrogens (tertiary/aromatic N) is 6. The van der Waals surface area contributed by atoms with Crippen LogP contribution in [0.5, 0.6) is 5.88 Å². The van der Waals surface area contributed by atoms with Crippen molar-refractivity contribution in [1.29, 1.82) is 5.26 Å². The van der Waals surface area contributed by atoms with E-state index in [0.29, 0.717) is 41.8 Å². The number of aromatic nitrogens is 4. The molecule has 5 heterocycles. The maximum Gasteiger partial charge on any atom is 0.392 e. The van der Waals surface area contributed by atoms with Crippen molar-refractivity contribution < 1.29 is 28.2 Å². The van der Waals surface area contributed by atoms with Crippen molar-refractivity contribution in [3.8, 4) is 11.9 Å². The highest BCUT2D eigenvalue weighted by Crippen LogP contribution is 2.59. The van der Waals surface area contributed by atoms with Crippen molar-refractivity contribution in [2.45, 2.75) is 50.5 Å². The number of rotatable bonds is 9. The molecule has 0 radical (unpaired) electrons. The van der Waals surface area contributed by atoms with Gasteiger partial charge in [0.05, 0.1) is 36.5 Å². The second-order valence-corrected chi connectivity index (χ2v) is 11.0. The van der Waals surface area contributed by atoms with Crippen LogP contribution in [0.2, 0.25) is 0 Å². The Morgan fingerprint density at radius 2 is 2.15 bits per heavy atom. The summed E-state index contributed by atoms with van der Waals surface area (Å²) in [6.45, 7) is 3.62. The van der Waals surface area contributed by atoms with E-state index in [1.807, 2.05) is 22.8 Å². The van der Waals surface area contributed by atoms with Crippen molar-refractivity contribution in [3.05, 3.63) is 70.8 Å². The molecule has 3 aliphatic rings. The van der Waals surface area contributed by atoms with Crippen LogP contribution in [0.15, 0.2) is 40.8 Å². The Labute approximate surface area is 234 Å². The summed E-state index contributed by atoms with van der Waals surface area (Å²) in [5.74, 6) is -0.381. The van der Waals surface area contributed by atoms with Gasteiger partial charge in [0.15, 0.2) is 0 Å². The molecule has 3 fully saturated rings. The van der Waals surface area contributed by atoms with Gasteiger partial charge >= 0.3 is 11.9 Å². The Hall–Kier alpha value is -4.34. The molecule has 1 aliphatic carbocycles. The fraction of sp³-hybridized carbons (Fsp3) is 0.414. The van der Waals surface area contributed by atoms with E-state index in [1.54, 1.807) is 18.2 Å². The minimum Gasteiger partial charge on any atom is -0.474 e. The van der Waals surface area contributed by atoms with Crippen LogP contribution in [0.25, 0.3) is 11.4 Å². The number of piperidine rings is 1. The smallest absolute Gasteiger partial charge is 0.392 e. The molecule has 4 aromatic rings. The van der Waals surface area contributed by atoms with Gasteiger partial charge in [-0.3, -0.25) is 9.47 Å².